The first-order valence-electron chi connectivity index (χ1n) is 6.26. The summed E-state index contributed by atoms with van der Waals surface area (Å²) in [7, 11) is 0. The monoisotopic (exact) mass is 238 g/mol. The van der Waals surface area contributed by atoms with Crippen LogP contribution in [-0.4, -0.2) is 30.7 Å². The highest BCUT2D eigenvalue weighted by atomic mass is 16.7. The van der Waals surface area contributed by atoms with Crippen LogP contribution in [-0.2, 0) is 14.2 Å². The minimum atomic E-state index is -0.474. The minimum absolute atomic E-state index is 0.0432. The second-order valence-electron chi connectivity index (χ2n) is 5.24. The molecule has 0 saturated carbocycles. The van der Waals surface area contributed by atoms with Crippen LogP contribution in [0.3, 0.4) is 0 Å². The Bertz CT molecular complexity index is 319. The van der Waals surface area contributed by atoms with Crippen LogP contribution in [0, 0.1) is 0 Å². The third-order valence-corrected chi connectivity index (χ3v) is 3.34. The van der Waals surface area contributed by atoms with Crippen LogP contribution in [0.4, 0.5) is 0 Å². The Balaban J connectivity index is 1.98. The van der Waals surface area contributed by atoms with Crippen LogP contribution in [0.15, 0.2) is 24.3 Å². The highest BCUT2D eigenvalue weighted by Crippen LogP contribution is 2.31. The fraction of sp³-hybridized carbons (Fsp3) is 0.714. The molecule has 3 heteroatoms. The standard InChI is InChI=1S/C14H22O3/c1-5-6-11-10(2)7-8-12(16-11)13-9-15-14(3,4)17-13/h5,7,11-13H,1,6,8-9H2,2-4H3/t11-,12+,13-/m1/s1. The molecule has 0 spiro atoms. The van der Waals surface area contributed by atoms with Gasteiger partial charge < -0.3 is 14.2 Å². The third-order valence-electron chi connectivity index (χ3n) is 3.34. The van der Waals surface area contributed by atoms with Crippen molar-refractivity contribution >= 4 is 0 Å². The lowest BCUT2D eigenvalue weighted by Gasteiger charge is -2.32. The average molecular weight is 238 g/mol. The number of hydrogen-bond acceptors (Lipinski definition) is 3. The predicted octanol–water partition coefficient (Wildman–Crippen LogP) is 2.82. The van der Waals surface area contributed by atoms with E-state index in [1.165, 1.54) is 5.57 Å². The van der Waals surface area contributed by atoms with Crippen molar-refractivity contribution in [3.8, 4) is 0 Å². The normalized spacial score (nSPS) is 36.6. The molecule has 3 atom stereocenters. The van der Waals surface area contributed by atoms with Crippen molar-refractivity contribution in [2.45, 2.75) is 57.7 Å². The van der Waals surface area contributed by atoms with Gasteiger partial charge in [0.05, 0.1) is 18.8 Å². The van der Waals surface area contributed by atoms with Gasteiger partial charge in [0.25, 0.3) is 0 Å². The Kier molecular flexibility index (Phi) is 3.71. The number of rotatable bonds is 3. The van der Waals surface area contributed by atoms with E-state index < -0.39 is 5.79 Å². The van der Waals surface area contributed by atoms with Crippen molar-refractivity contribution in [3.63, 3.8) is 0 Å². The van der Waals surface area contributed by atoms with Crippen molar-refractivity contribution in [1.29, 1.82) is 0 Å². The van der Waals surface area contributed by atoms with Gasteiger partial charge in [-0.25, -0.2) is 0 Å². The molecule has 0 aromatic heterocycles. The van der Waals surface area contributed by atoms with Gasteiger partial charge in [-0.2, -0.15) is 0 Å². The lowest BCUT2D eigenvalue weighted by Crippen LogP contribution is -2.38. The first kappa shape index (κ1) is 12.8. The maximum atomic E-state index is 6.07. The molecule has 0 unspecified atom stereocenters. The second kappa shape index (κ2) is 4.92. The van der Waals surface area contributed by atoms with E-state index in [1.807, 2.05) is 19.9 Å². The van der Waals surface area contributed by atoms with Crippen molar-refractivity contribution < 1.29 is 14.2 Å². The van der Waals surface area contributed by atoms with Crippen LogP contribution >= 0.6 is 0 Å². The smallest absolute Gasteiger partial charge is 0.163 e. The fourth-order valence-corrected chi connectivity index (χ4v) is 2.34. The number of ether oxygens (including phenoxy) is 3. The molecule has 17 heavy (non-hydrogen) atoms. The Labute approximate surface area is 103 Å². The molecule has 2 aliphatic rings. The summed E-state index contributed by atoms with van der Waals surface area (Å²) in [6, 6.07) is 0. The Morgan fingerprint density at radius 3 is 2.82 bits per heavy atom. The Hall–Kier alpha value is -0.640. The highest BCUT2D eigenvalue weighted by molar-refractivity contribution is 5.11. The topological polar surface area (TPSA) is 27.7 Å². The molecule has 0 amide bonds. The SMILES string of the molecule is C=CC[C@H]1O[C@H]([C@H]2COC(C)(C)O2)CC=C1C. The summed E-state index contributed by atoms with van der Waals surface area (Å²) < 4.78 is 17.5. The van der Waals surface area contributed by atoms with E-state index in [0.717, 1.165) is 12.8 Å². The lowest BCUT2D eigenvalue weighted by atomic mass is 9.99. The van der Waals surface area contributed by atoms with Gasteiger partial charge in [-0.15, -0.1) is 6.58 Å². The van der Waals surface area contributed by atoms with Gasteiger partial charge in [-0.3, -0.25) is 0 Å². The zero-order valence-corrected chi connectivity index (χ0v) is 10.9. The maximum absolute atomic E-state index is 6.07. The van der Waals surface area contributed by atoms with Crippen molar-refractivity contribution in [1.82, 2.24) is 0 Å². The first-order valence-corrected chi connectivity index (χ1v) is 6.26. The van der Waals surface area contributed by atoms with Gasteiger partial charge in [-0.05, 0) is 39.2 Å². The van der Waals surface area contributed by atoms with Gasteiger partial charge in [-0.1, -0.05) is 12.2 Å². The molecule has 0 aromatic carbocycles. The van der Waals surface area contributed by atoms with E-state index in [-0.39, 0.29) is 18.3 Å². The summed E-state index contributed by atoms with van der Waals surface area (Å²) in [5.74, 6) is -0.474. The minimum Gasteiger partial charge on any atom is -0.367 e. The third kappa shape index (κ3) is 2.97. The molecule has 1 fully saturated rings. The van der Waals surface area contributed by atoms with Gasteiger partial charge in [0.2, 0.25) is 0 Å². The van der Waals surface area contributed by atoms with E-state index in [1.54, 1.807) is 0 Å². The molecular weight excluding hydrogens is 216 g/mol. The van der Waals surface area contributed by atoms with Crippen LogP contribution < -0.4 is 0 Å². The van der Waals surface area contributed by atoms with Crippen molar-refractivity contribution in [3.05, 3.63) is 24.3 Å². The van der Waals surface area contributed by atoms with Crippen molar-refractivity contribution in [2.24, 2.45) is 0 Å². The molecule has 2 rings (SSSR count). The quantitative estimate of drug-likeness (QED) is 0.708. The fourth-order valence-electron chi connectivity index (χ4n) is 2.34. The first-order chi connectivity index (χ1) is 8.02. The highest BCUT2D eigenvalue weighted by Gasteiger charge is 2.39. The summed E-state index contributed by atoms with van der Waals surface area (Å²) in [6.07, 6.45) is 6.21. The summed E-state index contributed by atoms with van der Waals surface area (Å²) in [5.41, 5.74) is 1.29. The largest absolute Gasteiger partial charge is 0.367 e. The Morgan fingerprint density at radius 1 is 1.47 bits per heavy atom. The molecular formula is C14H22O3. The zero-order chi connectivity index (χ0) is 12.5. The summed E-state index contributed by atoms with van der Waals surface area (Å²) in [4.78, 5) is 0. The molecule has 0 radical (unpaired) electrons. The van der Waals surface area contributed by atoms with Gasteiger partial charge in [0.1, 0.15) is 6.10 Å². The van der Waals surface area contributed by atoms with Crippen LogP contribution in [0.5, 0.6) is 0 Å². The molecule has 96 valence electrons. The van der Waals surface area contributed by atoms with Crippen LogP contribution in [0.1, 0.15) is 33.6 Å². The van der Waals surface area contributed by atoms with E-state index in [9.17, 15) is 0 Å². The van der Waals surface area contributed by atoms with E-state index in [0.29, 0.717) is 6.61 Å². The summed E-state index contributed by atoms with van der Waals surface area (Å²) in [5, 5.41) is 0. The average Bonchev–Trinajstić information content (AvgIpc) is 2.62. The molecule has 1 saturated heterocycles. The molecule has 0 N–H and O–H groups in total. The molecule has 2 heterocycles. The van der Waals surface area contributed by atoms with Crippen LogP contribution in [0.2, 0.25) is 0 Å². The van der Waals surface area contributed by atoms with E-state index >= 15 is 0 Å². The molecule has 0 aliphatic carbocycles. The summed E-state index contributed by atoms with van der Waals surface area (Å²) >= 11 is 0. The second-order valence-corrected chi connectivity index (χ2v) is 5.24. The lowest BCUT2D eigenvalue weighted by molar-refractivity contribution is -0.161. The van der Waals surface area contributed by atoms with E-state index in [4.69, 9.17) is 14.2 Å². The van der Waals surface area contributed by atoms with Gasteiger partial charge in [0.15, 0.2) is 5.79 Å². The van der Waals surface area contributed by atoms with Gasteiger partial charge >= 0.3 is 0 Å². The Morgan fingerprint density at radius 2 is 2.24 bits per heavy atom. The van der Waals surface area contributed by atoms with Gasteiger partial charge in [0, 0.05) is 0 Å². The number of hydrogen-bond donors (Lipinski definition) is 0. The molecule has 3 nitrogen and oxygen atoms in total. The molecule has 2 aliphatic heterocycles. The summed E-state index contributed by atoms with van der Waals surface area (Å²) in [6.45, 7) is 10.4. The predicted molar refractivity (Wildman–Crippen MR) is 66.8 cm³/mol. The maximum Gasteiger partial charge on any atom is 0.163 e. The van der Waals surface area contributed by atoms with Crippen LogP contribution in [0.25, 0.3) is 0 Å². The molecule has 0 aromatic rings. The van der Waals surface area contributed by atoms with E-state index in [2.05, 4.69) is 19.6 Å². The van der Waals surface area contributed by atoms with Crippen molar-refractivity contribution in [2.75, 3.05) is 6.61 Å². The zero-order valence-electron chi connectivity index (χ0n) is 10.9. The molecule has 0 bridgehead atoms.